The van der Waals surface area contributed by atoms with Crippen molar-refractivity contribution in [2.75, 3.05) is 5.73 Å². The normalized spacial score (nSPS) is 10.3. The van der Waals surface area contributed by atoms with E-state index in [2.05, 4.69) is 18.5 Å². The van der Waals surface area contributed by atoms with Crippen LogP contribution in [0.2, 0.25) is 0 Å². The molecule has 0 spiro atoms. The first kappa shape index (κ1) is 12.6. The van der Waals surface area contributed by atoms with Crippen LogP contribution in [0.25, 0.3) is 0 Å². The number of allylic oxidation sites excluding steroid dienone is 1. The van der Waals surface area contributed by atoms with E-state index in [-0.39, 0.29) is 0 Å². The SMILES string of the molecule is C=CCc1cc(N)ccc1Oc1nc(CC)cs1. The third-order valence-corrected chi connectivity index (χ3v) is 3.31. The van der Waals surface area contributed by atoms with Gasteiger partial charge in [-0.3, -0.25) is 0 Å². The quantitative estimate of drug-likeness (QED) is 0.657. The van der Waals surface area contributed by atoms with Crippen molar-refractivity contribution in [3.63, 3.8) is 0 Å². The molecule has 1 aromatic heterocycles. The average Bonchev–Trinajstić information content (AvgIpc) is 2.81. The average molecular weight is 260 g/mol. The molecule has 2 N–H and O–H groups in total. The minimum absolute atomic E-state index is 0.668. The molecule has 0 atom stereocenters. The van der Waals surface area contributed by atoms with Crippen molar-refractivity contribution in [3.8, 4) is 10.9 Å². The highest BCUT2D eigenvalue weighted by Gasteiger charge is 2.07. The maximum atomic E-state index is 5.80. The monoisotopic (exact) mass is 260 g/mol. The molecule has 1 heterocycles. The molecule has 94 valence electrons. The van der Waals surface area contributed by atoms with Crippen molar-refractivity contribution in [3.05, 3.63) is 47.5 Å². The molecular formula is C14H16N2OS. The number of aryl methyl sites for hydroxylation is 1. The van der Waals surface area contributed by atoms with E-state index in [0.717, 1.165) is 35.5 Å². The van der Waals surface area contributed by atoms with Crippen LogP contribution in [-0.4, -0.2) is 4.98 Å². The predicted octanol–water partition coefficient (Wildman–Crippen LogP) is 3.81. The molecule has 3 nitrogen and oxygen atoms in total. The van der Waals surface area contributed by atoms with E-state index < -0.39 is 0 Å². The Balaban J connectivity index is 2.24. The fourth-order valence-electron chi connectivity index (χ4n) is 1.61. The van der Waals surface area contributed by atoms with Gasteiger partial charge in [0.15, 0.2) is 0 Å². The third kappa shape index (κ3) is 2.90. The van der Waals surface area contributed by atoms with Crippen molar-refractivity contribution in [2.45, 2.75) is 19.8 Å². The van der Waals surface area contributed by atoms with Gasteiger partial charge in [0.1, 0.15) is 5.75 Å². The van der Waals surface area contributed by atoms with Crippen LogP contribution in [0.4, 0.5) is 5.69 Å². The van der Waals surface area contributed by atoms with Crippen LogP contribution in [0.5, 0.6) is 10.9 Å². The van der Waals surface area contributed by atoms with Gasteiger partial charge in [-0.05, 0) is 31.0 Å². The fraction of sp³-hybridized carbons (Fsp3) is 0.214. The molecular weight excluding hydrogens is 244 g/mol. The Labute approximate surface area is 111 Å². The van der Waals surface area contributed by atoms with Gasteiger partial charge >= 0.3 is 0 Å². The Morgan fingerprint density at radius 3 is 3.00 bits per heavy atom. The standard InChI is InChI=1S/C14H16N2OS/c1-3-5-10-8-11(15)6-7-13(10)17-14-16-12(4-2)9-18-14/h3,6-9H,1,4-5,15H2,2H3. The van der Waals surface area contributed by atoms with Gasteiger partial charge in [0.25, 0.3) is 5.19 Å². The summed E-state index contributed by atoms with van der Waals surface area (Å²) in [6.45, 7) is 5.82. The molecule has 0 saturated carbocycles. The number of ether oxygens (including phenoxy) is 1. The van der Waals surface area contributed by atoms with Gasteiger partial charge in [-0.15, -0.1) is 6.58 Å². The molecule has 0 fully saturated rings. The van der Waals surface area contributed by atoms with Gasteiger partial charge in [-0.2, -0.15) is 0 Å². The lowest BCUT2D eigenvalue weighted by molar-refractivity contribution is 0.472. The summed E-state index contributed by atoms with van der Waals surface area (Å²) in [5, 5.41) is 2.68. The summed E-state index contributed by atoms with van der Waals surface area (Å²) in [7, 11) is 0. The molecule has 0 aliphatic carbocycles. The zero-order chi connectivity index (χ0) is 13.0. The van der Waals surface area contributed by atoms with Crippen LogP contribution in [0, 0.1) is 0 Å². The molecule has 4 heteroatoms. The number of thiazole rings is 1. The maximum absolute atomic E-state index is 5.80. The minimum Gasteiger partial charge on any atom is -0.431 e. The Hall–Kier alpha value is -1.81. The number of aromatic nitrogens is 1. The number of hydrogen-bond donors (Lipinski definition) is 1. The van der Waals surface area contributed by atoms with Crippen molar-refractivity contribution in [1.82, 2.24) is 4.98 Å². The Bertz CT molecular complexity index is 548. The lowest BCUT2D eigenvalue weighted by Crippen LogP contribution is -1.93. The molecule has 0 saturated heterocycles. The van der Waals surface area contributed by atoms with Crippen LogP contribution in [-0.2, 0) is 12.8 Å². The Morgan fingerprint density at radius 2 is 2.33 bits per heavy atom. The molecule has 2 rings (SSSR count). The van der Waals surface area contributed by atoms with E-state index in [4.69, 9.17) is 10.5 Å². The third-order valence-electron chi connectivity index (χ3n) is 2.54. The summed E-state index contributed by atoms with van der Waals surface area (Å²) < 4.78 is 5.80. The largest absolute Gasteiger partial charge is 0.431 e. The van der Waals surface area contributed by atoms with E-state index in [1.54, 1.807) is 0 Å². The number of hydrogen-bond acceptors (Lipinski definition) is 4. The van der Waals surface area contributed by atoms with Crippen molar-refractivity contribution < 1.29 is 4.74 Å². The lowest BCUT2D eigenvalue weighted by Gasteiger charge is -2.08. The van der Waals surface area contributed by atoms with Crippen molar-refractivity contribution >= 4 is 17.0 Å². The maximum Gasteiger partial charge on any atom is 0.278 e. The predicted molar refractivity (Wildman–Crippen MR) is 76.3 cm³/mol. The molecule has 0 aliphatic rings. The Kier molecular flexibility index (Phi) is 3.99. The van der Waals surface area contributed by atoms with Crippen LogP contribution >= 0.6 is 11.3 Å². The molecule has 18 heavy (non-hydrogen) atoms. The fourth-order valence-corrected chi connectivity index (χ4v) is 2.37. The molecule has 0 amide bonds. The molecule has 2 aromatic rings. The first-order chi connectivity index (χ1) is 8.72. The van der Waals surface area contributed by atoms with Gasteiger partial charge in [-0.1, -0.05) is 24.3 Å². The van der Waals surface area contributed by atoms with E-state index in [1.807, 2.05) is 29.7 Å². The second-order valence-corrected chi connectivity index (χ2v) is 4.74. The summed E-state index contributed by atoms with van der Waals surface area (Å²) in [4.78, 5) is 4.39. The van der Waals surface area contributed by atoms with Crippen LogP contribution in [0.3, 0.4) is 0 Å². The van der Waals surface area contributed by atoms with Crippen LogP contribution in [0.15, 0.2) is 36.2 Å². The summed E-state index contributed by atoms with van der Waals surface area (Å²) in [5.41, 5.74) is 8.58. The van der Waals surface area contributed by atoms with E-state index in [1.165, 1.54) is 11.3 Å². The van der Waals surface area contributed by atoms with Gasteiger partial charge < -0.3 is 10.5 Å². The van der Waals surface area contributed by atoms with E-state index in [0.29, 0.717) is 5.19 Å². The van der Waals surface area contributed by atoms with Crippen molar-refractivity contribution in [1.29, 1.82) is 0 Å². The summed E-state index contributed by atoms with van der Waals surface area (Å²) >= 11 is 1.51. The topological polar surface area (TPSA) is 48.1 Å². The molecule has 0 unspecified atom stereocenters. The summed E-state index contributed by atoms with van der Waals surface area (Å²) in [6, 6.07) is 5.61. The first-order valence-corrected chi connectivity index (χ1v) is 6.72. The number of nitrogens with two attached hydrogens (primary N) is 1. The van der Waals surface area contributed by atoms with Gasteiger partial charge in [0.2, 0.25) is 0 Å². The van der Waals surface area contributed by atoms with Gasteiger partial charge in [-0.25, -0.2) is 4.98 Å². The highest BCUT2D eigenvalue weighted by Crippen LogP contribution is 2.29. The molecule has 1 aromatic carbocycles. The van der Waals surface area contributed by atoms with Gasteiger partial charge in [0, 0.05) is 16.6 Å². The number of rotatable bonds is 5. The number of nitrogen functional groups attached to an aromatic ring is 1. The van der Waals surface area contributed by atoms with Crippen LogP contribution < -0.4 is 10.5 Å². The summed E-state index contributed by atoms with van der Waals surface area (Å²) in [5.74, 6) is 0.793. The smallest absolute Gasteiger partial charge is 0.278 e. The number of anilines is 1. The number of benzene rings is 1. The second-order valence-electron chi connectivity index (χ2n) is 3.92. The van der Waals surface area contributed by atoms with Crippen LogP contribution in [0.1, 0.15) is 18.2 Å². The first-order valence-electron chi connectivity index (χ1n) is 5.84. The highest BCUT2D eigenvalue weighted by molar-refractivity contribution is 7.11. The Morgan fingerprint density at radius 1 is 1.50 bits per heavy atom. The zero-order valence-corrected chi connectivity index (χ0v) is 11.2. The zero-order valence-electron chi connectivity index (χ0n) is 10.3. The summed E-state index contributed by atoms with van der Waals surface area (Å²) in [6.07, 6.45) is 3.48. The lowest BCUT2D eigenvalue weighted by atomic mass is 10.1. The van der Waals surface area contributed by atoms with E-state index >= 15 is 0 Å². The number of nitrogens with zero attached hydrogens (tertiary/aromatic N) is 1. The minimum atomic E-state index is 0.668. The van der Waals surface area contributed by atoms with Gasteiger partial charge in [0.05, 0.1) is 5.69 Å². The molecule has 0 bridgehead atoms. The molecule has 0 radical (unpaired) electrons. The van der Waals surface area contributed by atoms with Crippen molar-refractivity contribution in [2.24, 2.45) is 0 Å². The highest BCUT2D eigenvalue weighted by atomic mass is 32.1. The molecule has 0 aliphatic heterocycles. The van der Waals surface area contributed by atoms with E-state index in [9.17, 15) is 0 Å². The second kappa shape index (κ2) is 5.69.